The fourth-order valence-electron chi connectivity index (χ4n) is 2.87. The van der Waals surface area contributed by atoms with Crippen molar-refractivity contribution in [2.75, 3.05) is 10.8 Å². The van der Waals surface area contributed by atoms with Crippen LogP contribution in [-0.2, 0) is 0 Å². The summed E-state index contributed by atoms with van der Waals surface area (Å²) in [4.78, 5) is 3.64. The third kappa shape index (κ3) is 2.32. The summed E-state index contributed by atoms with van der Waals surface area (Å²) in [5, 5.41) is 2.38. The van der Waals surface area contributed by atoms with Crippen molar-refractivity contribution >= 4 is 28.2 Å². The molecule has 0 fully saturated rings. The Bertz CT molecular complexity index is 812. The molecule has 0 spiro atoms. The summed E-state index contributed by atoms with van der Waals surface area (Å²) in [5.74, 6) is 1.88. The molecular formula is C19H17NOS. The van der Waals surface area contributed by atoms with Crippen molar-refractivity contribution in [2.24, 2.45) is 0 Å². The van der Waals surface area contributed by atoms with Gasteiger partial charge in [0.2, 0.25) is 0 Å². The van der Waals surface area contributed by atoms with Crippen molar-refractivity contribution in [1.82, 2.24) is 0 Å². The van der Waals surface area contributed by atoms with Gasteiger partial charge in [-0.25, -0.2) is 0 Å². The Labute approximate surface area is 134 Å². The monoisotopic (exact) mass is 307 g/mol. The summed E-state index contributed by atoms with van der Waals surface area (Å²) in [7, 11) is 0. The van der Waals surface area contributed by atoms with Gasteiger partial charge in [0.1, 0.15) is 5.75 Å². The van der Waals surface area contributed by atoms with Crippen LogP contribution in [0.4, 0.5) is 5.69 Å². The summed E-state index contributed by atoms with van der Waals surface area (Å²) >= 11 is 1.86. The third-order valence-electron chi connectivity index (χ3n) is 4.02. The molecule has 0 saturated carbocycles. The maximum Gasteiger partial charge on any atom is 0.170 e. The molecule has 3 heteroatoms. The second kappa shape index (κ2) is 5.58. The molecule has 0 bridgehead atoms. The number of hydrogen-bond donors (Lipinski definition) is 0. The Hall–Kier alpha value is -2.13. The minimum absolute atomic E-state index is 0.00181. The predicted molar refractivity (Wildman–Crippen MR) is 93.7 cm³/mol. The van der Waals surface area contributed by atoms with Gasteiger partial charge in [0.25, 0.3) is 0 Å². The Balaban J connectivity index is 1.63. The number of nitrogens with zero attached hydrogens (tertiary/aromatic N) is 1. The zero-order chi connectivity index (χ0) is 14.9. The van der Waals surface area contributed by atoms with Gasteiger partial charge < -0.3 is 9.64 Å². The van der Waals surface area contributed by atoms with E-state index in [-0.39, 0.29) is 6.23 Å². The Kier molecular flexibility index (Phi) is 3.43. The second-order valence-electron chi connectivity index (χ2n) is 5.41. The maximum atomic E-state index is 6.28. The van der Waals surface area contributed by atoms with Gasteiger partial charge in [-0.1, -0.05) is 48.5 Å². The van der Waals surface area contributed by atoms with Gasteiger partial charge in [-0.15, -0.1) is 11.8 Å². The molecule has 0 saturated heterocycles. The van der Waals surface area contributed by atoms with Crippen molar-refractivity contribution < 1.29 is 4.74 Å². The number of hydrogen-bond acceptors (Lipinski definition) is 3. The van der Waals surface area contributed by atoms with Crippen molar-refractivity contribution in [2.45, 2.75) is 18.0 Å². The fraction of sp³-hybridized carbons (Fsp3) is 0.158. The van der Waals surface area contributed by atoms with Crippen LogP contribution in [0, 0.1) is 0 Å². The van der Waals surface area contributed by atoms with E-state index >= 15 is 0 Å². The molecule has 1 heterocycles. The molecule has 1 unspecified atom stereocenters. The van der Waals surface area contributed by atoms with E-state index in [0.29, 0.717) is 0 Å². The summed E-state index contributed by atoms with van der Waals surface area (Å²) in [6.07, 6.45) is 0.00181. The van der Waals surface area contributed by atoms with E-state index in [0.717, 1.165) is 17.0 Å². The molecule has 1 aliphatic heterocycles. The number of para-hydroxylation sites is 1. The Morgan fingerprint density at radius 1 is 0.955 bits per heavy atom. The minimum Gasteiger partial charge on any atom is -0.470 e. The zero-order valence-electron chi connectivity index (χ0n) is 12.4. The van der Waals surface area contributed by atoms with E-state index in [2.05, 4.69) is 72.5 Å². The van der Waals surface area contributed by atoms with Crippen LogP contribution in [0.3, 0.4) is 0 Å². The van der Waals surface area contributed by atoms with Crippen LogP contribution >= 0.6 is 11.8 Å². The van der Waals surface area contributed by atoms with E-state index in [9.17, 15) is 0 Å². The lowest BCUT2D eigenvalue weighted by Crippen LogP contribution is -2.35. The highest BCUT2D eigenvalue weighted by Crippen LogP contribution is 2.39. The zero-order valence-corrected chi connectivity index (χ0v) is 13.2. The molecule has 22 heavy (non-hydrogen) atoms. The molecule has 1 atom stereocenters. The van der Waals surface area contributed by atoms with Crippen LogP contribution < -0.4 is 9.64 Å². The molecule has 0 N–H and O–H groups in total. The highest BCUT2D eigenvalue weighted by atomic mass is 32.2. The van der Waals surface area contributed by atoms with Crippen LogP contribution in [-0.4, -0.2) is 12.1 Å². The molecule has 2 nitrogen and oxygen atoms in total. The van der Waals surface area contributed by atoms with Gasteiger partial charge in [-0.2, -0.15) is 0 Å². The largest absolute Gasteiger partial charge is 0.470 e. The van der Waals surface area contributed by atoms with Crippen molar-refractivity contribution in [3.8, 4) is 5.75 Å². The first-order chi connectivity index (χ1) is 10.8. The molecule has 0 radical (unpaired) electrons. The molecule has 0 amide bonds. The number of anilines is 1. The van der Waals surface area contributed by atoms with Crippen LogP contribution in [0.15, 0.2) is 71.6 Å². The van der Waals surface area contributed by atoms with Crippen LogP contribution in [0.1, 0.15) is 6.92 Å². The summed E-state index contributed by atoms with van der Waals surface area (Å²) in [6, 6.07) is 23.1. The molecule has 0 aromatic heterocycles. The molecule has 0 aliphatic carbocycles. The van der Waals surface area contributed by atoms with E-state index < -0.39 is 0 Å². The summed E-state index contributed by atoms with van der Waals surface area (Å²) < 4.78 is 6.28. The SMILES string of the molecule is CC(Oc1cccc2ccccc12)N1CSc2ccccc21. The van der Waals surface area contributed by atoms with Crippen molar-refractivity contribution in [3.63, 3.8) is 0 Å². The summed E-state index contributed by atoms with van der Waals surface area (Å²) in [6.45, 7) is 2.12. The van der Waals surface area contributed by atoms with Gasteiger partial charge in [0, 0.05) is 10.3 Å². The number of thioether (sulfide) groups is 1. The Morgan fingerprint density at radius 3 is 2.68 bits per heavy atom. The maximum absolute atomic E-state index is 6.28. The highest BCUT2D eigenvalue weighted by molar-refractivity contribution is 7.99. The topological polar surface area (TPSA) is 12.5 Å². The lowest BCUT2D eigenvalue weighted by molar-refractivity contribution is 0.223. The van der Waals surface area contributed by atoms with Gasteiger partial charge in [0.15, 0.2) is 6.23 Å². The molecule has 3 aromatic carbocycles. The number of benzene rings is 3. The number of fused-ring (bicyclic) bond motifs is 2. The first-order valence-corrected chi connectivity index (χ1v) is 8.44. The van der Waals surface area contributed by atoms with E-state index in [1.54, 1.807) is 0 Å². The molecule has 1 aliphatic rings. The number of ether oxygens (including phenoxy) is 1. The lowest BCUT2D eigenvalue weighted by atomic mass is 10.1. The van der Waals surface area contributed by atoms with Crippen LogP contribution in [0.25, 0.3) is 10.8 Å². The molecule has 3 aromatic rings. The number of rotatable bonds is 3. The van der Waals surface area contributed by atoms with Gasteiger partial charge >= 0.3 is 0 Å². The van der Waals surface area contributed by atoms with Gasteiger partial charge in [-0.05, 0) is 30.5 Å². The fourth-order valence-corrected chi connectivity index (χ4v) is 4.01. The Morgan fingerprint density at radius 2 is 1.73 bits per heavy atom. The first-order valence-electron chi connectivity index (χ1n) is 7.46. The molecule has 110 valence electrons. The second-order valence-corrected chi connectivity index (χ2v) is 6.39. The average molecular weight is 307 g/mol. The van der Waals surface area contributed by atoms with E-state index in [1.807, 2.05) is 17.8 Å². The van der Waals surface area contributed by atoms with Gasteiger partial charge in [0.05, 0.1) is 11.6 Å². The predicted octanol–water partition coefficient (Wildman–Crippen LogP) is 5.13. The highest BCUT2D eigenvalue weighted by Gasteiger charge is 2.24. The normalized spacial score (nSPS) is 14.9. The van der Waals surface area contributed by atoms with Crippen LogP contribution in [0.5, 0.6) is 5.75 Å². The third-order valence-corrected chi connectivity index (χ3v) is 5.08. The van der Waals surface area contributed by atoms with Crippen molar-refractivity contribution in [1.29, 1.82) is 0 Å². The van der Waals surface area contributed by atoms with Crippen molar-refractivity contribution in [3.05, 3.63) is 66.7 Å². The van der Waals surface area contributed by atoms with Crippen LogP contribution in [0.2, 0.25) is 0 Å². The quantitative estimate of drug-likeness (QED) is 0.665. The molecule has 4 rings (SSSR count). The molecular weight excluding hydrogens is 290 g/mol. The van der Waals surface area contributed by atoms with Gasteiger partial charge in [-0.3, -0.25) is 0 Å². The van der Waals surface area contributed by atoms with E-state index in [1.165, 1.54) is 16.0 Å². The van der Waals surface area contributed by atoms with E-state index in [4.69, 9.17) is 4.74 Å². The first kappa shape index (κ1) is 13.5. The smallest absolute Gasteiger partial charge is 0.170 e. The minimum atomic E-state index is 0.00181. The standard InChI is InChI=1S/C19H17NOS/c1-14(20-13-22-19-12-5-4-10-17(19)20)21-18-11-6-8-15-7-2-3-9-16(15)18/h2-12,14H,13H2,1H3. The summed E-state index contributed by atoms with van der Waals surface area (Å²) in [5.41, 5.74) is 1.26. The average Bonchev–Trinajstić information content (AvgIpc) is 2.99. The lowest BCUT2D eigenvalue weighted by Gasteiger charge is -2.27.